The summed E-state index contributed by atoms with van der Waals surface area (Å²) in [6.07, 6.45) is 1.88. The maximum absolute atomic E-state index is 12.6. The van der Waals surface area contributed by atoms with Crippen LogP contribution in [-0.2, 0) is 20.9 Å². The lowest BCUT2D eigenvalue weighted by molar-refractivity contribution is -0.148. The highest BCUT2D eigenvalue weighted by Gasteiger charge is 2.39. The molecule has 0 saturated carbocycles. The predicted molar refractivity (Wildman–Crippen MR) is 85.5 cm³/mol. The maximum atomic E-state index is 12.6. The lowest BCUT2D eigenvalue weighted by atomic mass is 10.2. The summed E-state index contributed by atoms with van der Waals surface area (Å²) in [5.74, 6) is -1.24. The fourth-order valence-corrected chi connectivity index (χ4v) is 3.18. The first-order valence-corrected chi connectivity index (χ1v) is 7.67. The minimum atomic E-state index is -1.00. The largest absolute Gasteiger partial charge is 0.480 e. The van der Waals surface area contributed by atoms with Crippen LogP contribution in [0.1, 0.15) is 6.42 Å². The minimum Gasteiger partial charge on any atom is -0.480 e. The molecule has 1 N–H and O–H groups in total. The second-order valence-electron chi connectivity index (χ2n) is 5.64. The average molecular weight is 337 g/mol. The van der Waals surface area contributed by atoms with Crippen LogP contribution in [0.25, 0.3) is 10.9 Å². The molecule has 0 bridgehead atoms. The van der Waals surface area contributed by atoms with Crippen LogP contribution in [0.5, 0.6) is 0 Å². The van der Waals surface area contributed by atoms with Crippen LogP contribution in [0, 0.1) is 0 Å². The Hall–Kier alpha value is -2.05. The Bertz CT molecular complexity index is 758. The van der Waals surface area contributed by atoms with Gasteiger partial charge in [-0.3, -0.25) is 4.79 Å². The van der Waals surface area contributed by atoms with E-state index in [1.54, 1.807) is 22.9 Å². The summed E-state index contributed by atoms with van der Waals surface area (Å²) in [5, 5.41) is 10.9. The van der Waals surface area contributed by atoms with Crippen LogP contribution in [-0.4, -0.2) is 52.3 Å². The molecule has 3 rings (SSSR count). The number of aromatic nitrogens is 1. The van der Waals surface area contributed by atoms with Gasteiger partial charge < -0.3 is 19.3 Å². The van der Waals surface area contributed by atoms with Crippen molar-refractivity contribution in [3.05, 3.63) is 35.5 Å². The fraction of sp³-hybridized carbons (Fsp3) is 0.375. The van der Waals surface area contributed by atoms with Crippen molar-refractivity contribution in [3.8, 4) is 0 Å². The summed E-state index contributed by atoms with van der Waals surface area (Å²) >= 11 is 6.01. The summed E-state index contributed by atoms with van der Waals surface area (Å²) in [7, 11) is 1.53. The zero-order chi connectivity index (χ0) is 16.6. The maximum Gasteiger partial charge on any atom is 0.326 e. The van der Waals surface area contributed by atoms with Gasteiger partial charge in [-0.05, 0) is 23.6 Å². The molecule has 2 heterocycles. The number of carbonyl (C=O) groups excluding carboxylic acids is 1. The van der Waals surface area contributed by atoms with Crippen LogP contribution in [0.2, 0.25) is 5.02 Å². The number of hydrogen-bond acceptors (Lipinski definition) is 3. The number of halogens is 1. The predicted octanol–water partition coefficient (Wildman–Crippen LogP) is 2.00. The Morgan fingerprint density at radius 3 is 2.87 bits per heavy atom. The molecule has 2 atom stereocenters. The third kappa shape index (κ3) is 3.04. The van der Waals surface area contributed by atoms with Gasteiger partial charge in [-0.2, -0.15) is 0 Å². The van der Waals surface area contributed by atoms with Crippen LogP contribution >= 0.6 is 11.6 Å². The number of nitrogens with zero attached hydrogens (tertiary/aromatic N) is 2. The Balaban J connectivity index is 1.82. The Morgan fingerprint density at radius 1 is 1.39 bits per heavy atom. The van der Waals surface area contributed by atoms with Crippen molar-refractivity contribution >= 4 is 34.4 Å². The first-order valence-electron chi connectivity index (χ1n) is 7.29. The number of fused-ring (bicyclic) bond motifs is 1. The van der Waals surface area contributed by atoms with Gasteiger partial charge in [-0.15, -0.1) is 0 Å². The lowest BCUT2D eigenvalue weighted by Gasteiger charge is -2.21. The molecule has 23 heavy (non-hydrogen) atoms. The highest BCUT2D eigenvalue weighted by atomic mass is 35.5. The Morgan fingerprint density at radius 2 is 2.17 bits per heavy atom. The number of amides is 1. The highest BCUT2D eigenvalue weighted by Crippen LogP contribution is 2.23. The molecular weight excluding hydrogens is 320 g/mol. The molecule has 2 aromatic rings. The molecule has 1 aromatic heterocycles. The highest BCUT2D eigenvalue weighted by molar-refractivity contribution is 6.31. The Labute approximate surface area is 138 Å². The fourth-order valence-electron chi connectivity index (χ4n) is 3.01. The lowest BCUT2D eigenvalue weighted by Crippen LogP contribution is -2.42. The molecule has 1 aliphatic rings. The number of likely N-dealkylation sites (tertiary alicyclic amines) is 1. The number of benzene rings is 1. The second-order valence-corrected chi connectivity index (χ2v) is 6.08. The normalized spacial score (nSPS) is 21.0. The molecule has 1 fully saturated rings. The van der Waals surface area contributed by atoms with Crippen molar-refractivity contribution < 1.29 is 19.4 Å². The average Bonchev–Trinajstić information content (AvgIpc) is 3.11. The van der Waals surface area contributed by atoms with E-state index in [1.807, 2.05) is 12.1 Å². The first kappa shape index (κ1) is 15.8. The number of hydrogen-bond donors (Lipinski definition) is 1. The summed E-state index contributed by atoms with van der Waals surface area (Å²) in [6, 6.07) is 6.53. The summed E-state index contributed by atoms with van der Waals surface area (Å²) in [4.78, 5) is 25.3. The van der Waals surface area contributed by atoms with Crippen LogP contribution in [0.4, 0.5) is 0 Å². The van der Waals surface area contributed by atoms with E-state index in [1.165, 1.54) is 12.0 Å². The molecule has 1 aliphatic heterocycles. The molecule has 0 radical (unpaired) electrons. The van der Waals surface area contributed by atoms with E-state index in [0.29, 0.717) is 18.0 Å². The number of carbonyl (C=O) groups is 2. The number of carboxylic acids is 1. The molecule has 122 valence electrons. The molecule has 6 nitrogen and oxygen atoms in total. The van der Waals surface area contributed by atoms with Gasteiger partial charge in [-0.1, -0.05) is 17.7 Å². The van der Waals surface area contributed by atoms with Crippen molar-refractivity contribution in [1.29, 1.82) is 0 Å². The topological polar surface area (TPSA) is 71.8 Å². The summed E-state index contributed by atoms with van der Waals surface area (Å²) < 4.78 is 6.99. The third-order valence-corrected chi connectivity index (χ3v) is 4.48. The van der Waals surface area contributed by atoms with Crippen LogP contribution < -0.4 is 0 Å². The van der Waals surface area contributed by atoms with Gasteiger partial charge in [-0.25, -0.2) is 4.79 Å². The van der Waals surface area contributed by atoms with Crippen molar-refractivity contribution in [1.82, 2.24) is 9.47 Å². The molecule has 1 saturated heterocycles. The molecule has 0 spiro atoms. The van der Waals surface area contributed by atoms with E-state index in [-0.39, 0.29) is 18.6 Å². The van der Waals surface area contributed by atoms with Gasteiger partial charge in [0.25, 0.3) is 0 Å². The van der Waals surface area contributed by atoms with Gasteiger partial charge in [0.2, 0.25) is 5.91 Å². The van der Waals surface area contributed by atoms with Gasteiger partial charge in [0, 0.05) is 36.8 Å². The van der Waals surface area contributed by atoms with E-state index < -0.39 is 12.0 Å². The van der Waals surface area contributed by atoms with E-state index in [0.717, 1.165) is 10.9 Å². The number of aliphatic carboxylic acids is 1. The van der Waals surface area contributed by atoms with Gasteiger partial charge in [0.05, 0.1) is 6.10 Å². The molecule has 1 aromatic carbocycles. The van der Waals surface area contributed by atoms with E-state index in [9.17, 15) is 14.7 Å². The van der Waals surface area contributed by atoms with Gasteiger partial charge in [0.15, 0.2) is 0 Å². The van der Waals surface area contributed by atoms with Crippen molar-refractivity contribution in [2.45, 2.75) is 25.1 Å². The zero-order valence-electron chi connectivity index (χ0n) is 12.6. The number of ether oxygens (including phenoxy) is 1. The summed E-state index contributed by atoms with van der Waals surface area (Å²) in [5.41, 5.74) is 0.847. The molecular formula is C16H17ClN2O4. The number of rotatable bonds is 4. The second kappa shape index (κ2) is 6.22. The molecule has 7 heteroatoms. The first-order chi connectivity index (χ1) is 11.0. The SMILES string of the molecule is COC1CC(C(=O)O)N(C(=O)Cn2ccc3ccc(Cl)cc32)C1. The van der Waals surface area contributed by atoms with Crippen molar-refractivity contribution in [2.24, 2.45) is 0 Å². The molecule has 1 amide bonds. The standard InChI is InChI=1S/C16H17ClN2O4/c1-23-12-7-14(16(21)22)19(8-12)15(20)9-18-5-4-10-2-3-11(17)6-13(10)18/h2-6,12,14H,7-9H2,1H3,(H,21,22). The van der Waals surface area contributed by atoms with Crippen LogP contribution in [0.3, 0.4) is 0 Å². The molecule has 0 aliphatic carbocycles. The van der Waals surface area contributed by atoms with E-state index in [4.69, 9.17) is 16.3 Å². The quantitative estimate of drug-likeness (QED) is 0.927. The minimum absolute atomic E-state index is 0.0735. The smallest absolute Gasteiger partial charge is 0.326 e. The monoisotopic (exact) mass is 336 g/mol. The van der Waals surface area contributed by atoms with Crippen molar-refractivity contribution in [2.75, 3.05) is 13.7 Å². The zero-order valence-corrected chi connectivity index (χ0v) is 13.4. The number of carboxylic acid groups (broad SMARTS) is 1. The Kier molecular flexibility index (Phi) is 4.28. The van der Waals surface area contributed by atoms with Gasteiger partial charge in [0.1, 0.15) is 12.6 Å². The van der Waals surface area contributed by atoms with E-state index in [2.05, 4.69) is 0 Å². The summed E-state index contributed by atoms with van der Waals surface area (Å²) in [6.45, 7) is 0.371. The van der Waals surface area contributed by atoms with Crippen LogP contribution in [0.15, 0.2) is 30.5 Å². The van der Waals surface area contributed by atoms with Crippen molar-refractivity contribution in [3.63, 3.8) is 0 Å². The van der Waals surface area contributed by atoms with E-state index >= 15 is 0 Å². The third-order valence-electron chi connectivity index (χ3n) is 4.24. The number of methoxy groups -OCH3 is 1. The molecule has 2 unspecified atom stereocenters. The van der Waals surface area contributed by atoms with Gasteiger partial charge >= 0.3 is 5.97 Å².